The van der Waals surface area contributed by atoms with Gasteiger partial charge in [0.25, 0.3) is 0 Å². The van der Waals surface area contributed by atoms with E-state index in [0.29, 0.717) is 18.2 Å². The van der Waals surface area contributed by atoms with Crippen LogP contribution in [0.1, 0.15) is 37.5 Å². The van der Waals surface area contributed by atoms with Crippen molar-refractivity contribution in [1.82, 2.24) is 15.5 Å². The van der Waals surface area contributed by atoms with Crippen LogP contribution in [0.3, 0.4) is 0 Å². The van der Waals surface area contributed by atoms with E-state index in [1.807, 2.05) is 0 Å². The van der Waals surface area contributed by atoms with Crippen molar-refractivity contribution in [2.75, 3.05) is 24.6 Å². The average Bonchev–Trinajstić information content (AvgIpc) is 2.91. The number of rotatable bonds is 6. The summed E-state index contributed by atoms with van der Waals surface area (Å²) in [5.41, 5.74) is 0. The number of aromatic nitrogens is 2. The van der Waals surface area contributed by atoms with Crippen molar-refractivity contribution in [3.63, 3.8) is 0 Å². The topological polar surface area (TPSA) is 85.1 Å². The van der Waals surface area contributed by atoms with Crippen molar-refractivity contribution in [1.29, 1.82) is 0 Å². The number of aryl methyl sites for hydroxylation is 1. The van der Waals surface area contributed by atoms with Gasteiger partial charge in [0.2, 0.25) is 11.8 Å². The van der Waals surface area contributed by atoms with Gasteiger partial charge in [0.1, 0.15) is 0 Å². The molecule has 1 aliphatic rings. The molecule has 0 aliphatic carbocycles. The van der Waals surface area contributed by atoms with E-state index in [4.69, 9.17) is 4.42 Å². The van der Waals surface area contributed by atoms with Gasteiger partial charge in [-0.3, -0.25) is 0 Å². The van der Waals surface area contributed by atoms with Crippen LogP contribution < -0.4 is 5.32 Å². The molecule has 1 aromatic heterocycles. The Hall–Kier alpha value is -0.950. The minimum atomic E-state index is -2.90. The maximum absolute atomic E-state index is 11.4. The molecular weight excluding hydrogens is 254 g/mol. The summed E-state index contributed by atoms with van der Waals surface area (Å²) in [4.78, 5) is 0. The Bertz CT molecular complexity index is 483. The largest absolute Gasteiger partial charge is 0.425 e. The van der Waals surface area contributed by atoms with E-state index >= 15 is 0 Å². The van der Waals surface area contributed by atoms with Gasteiger partial charge >= 0.3 is 0 Å². The van der Waals surface area contributed by atoms with Crippen molar-refractivity contribution < 1.29 is 12.8 Å². The van der Waals surface area contributed by atoms with Gasteiger partial charge < -0.3 is 9.73 Å². The molecule has 2 rings (SSSR count). The standard InChI is InChI=1S/C11H19N3O3S/c1-2-12-6-3-4-10-13-14-11(17-10)9-5-7-18(15,16)8-9/h9,12H,2-8H2,1H3. The maximum Gasteiger partial charge on any atom is 0.220 e. The van der Waals surface area contributed by atoms with Crippen molar-refractivity contribution in [3.05, 3.63) is 11.8 Å². The molecule has 0 amide bonds. The molecular formula is C11H19N3O3S. The van der Waals surface area contributed by atoms with Gasteiger partial charge in [0, 0.05) is 6.42 Å². The monoisotopic (exact) mass is 273 g/mol. The molecule has 0 bridgehead atoms. The van der Waals surface area contributed by atoms with Crippen molar-refractivity contribution in [2.24, 2.45) is 0 Å². The second-order valence-electron chi connectivity index (χ2n) is 4.59. The fourth-order valence-electron chi connectivity index (χ4n) is 2.06. The molecule has 1 atom stereocenters. The van der Waals surface area contributed by atoms with Crippen LogP contribution in [0.4, 0.5) is 0 Å². The molecule has 1 aromatic rings. The average molecular weight is 273 g/mol. The van der Waals surface area contributed by atoms with Crippen LogP contribution in [0.15, 0.2) is 4.42 Å². The molecule has 0 aromatic carbocycles. The molecule has 102 valence electrons. The van der Waals surface area contributed by atoms with Crippen LogP contribution in [0, 0.1) is 0 Å². The van der Waals surface area contributed by atoms with Gasteiger partial charge in [-0.1, -0.05) is 6.92 Å². The molecule has 1 N–H and O–H groups in total. The molecule has 1 fully saturated rings. The smallest absolute Gasteiger partial charge is 0.220 e. The van der Waals surface area contributed by atoms with E-state index in [9.17, 15) is 8.42 Å². The van der Waals surface area contributed by atoms with Crippen LogP contribution in [0.25, 0.3) is 0 Å². The van der Waals surface area contributed by atoms with E-state index in [1.165, 1.54) is 0 Å². The van der Waals surface area contributed by atoms with Gasteiger partial charge in [0.05, 0.1) is 17.4 Å². The first-order chi connectivity index (χ1) is 8.61. The molecule has 18 heavy (non-hydrogen) atoms. The molecule has 0 radical (unpaired) electrons. The van der Waals surface area contributed by atoms with Crippen molar-refractivity contribution >= 4 is 9.84 Å². The third-order valence-corrected chi connectivity index (χ3v) is 4.83. The Labute approximate surface area is 107 Å². The molecule has 6 nitrogen and oxygen atoms in total. The van der Waals surface area contributed by atoms with Crippen LogP contribution in [0.5, 0.6) is 0 Å². The zero-order valence-electron chi connectivity index (χ0n) is 10.6. The molecule has 2 heterocycles. The maximum atomic E-state index is 11.4. The predicted molar refractivity (Wildman–Crippen MR) is 67.2 cm³/mol. The highest BCUT2D eigenvalue weighted by Crippen LogP contribution is 2.27. The van der Waals surface area contributed by atoms with Crippen LogP contribution in [-0.2, 0) is 16.3 Å². The molecule has 0 spiro atoms. The number of nitrogens with one attached hydrogen (secondary N) is 1. The van der Waals surface area contributed by atoms with Crippen LogP contribution >= 0.6 is 0 Å². The van der Waals surface area contributed by atoms with E-state index in [-0.39, 0.29) is 17.4 Å². The lowest BCUT2D eigenvalue weighted by atomic mass is 10.1. The molecule has 1 unspecified atom stereocenters. The quantitative estimate of drug-likeness (QED) is 0.760. The summed E-state index contributed by atoms with van der Waals surface area (Å²) in [6, 6.07) is 0. The zero-order chi connectivity index (χ0) is 13.0. The normalized spacial score (nSPS) is 22.4. The van der Waals surface area contributed by atoms with Gasteiger partial charge in [0.15, 0.2) is 9.84 Å². The molecule has 1 aliphatic heterocycles. The minimum absolute atomic E-state index is 0.106. The zero-order valence-corrected chi connectivity index (χ0v) is 11.4. The summed E-state index contributed by atoms with van der Waals surface area (Å²) in [6.45, 7) is 3.94. The highest BCUT2D eigenvalue weighted by Gasteiger charge is 2.32. The number of hydrogen-bond acceptors (Lipinski definition) is 6. The first-order valence-electron chi connectivity index (χ1n) is 6.34. The third-order valence-electron chi connectivity index (χ3n) is 3.06. The Morgan fingerprint density at radius 3 is 2.94 bits per heavy atom. The van der Waals surface area contributed by atoms with E-state index < -0.39 is 9.84 Å². The Morgan fingerprint density at radius 2 is 2.28 bits per heavy atom. The lowest BCUT2D eigenvalue weighted by Crippen LogP contribution is -2.14. The fraction of sp³-hybridized carbons (Fsp3) is 0.818. The summed E-state index contributed by atoms with van der Waals surface area (Å²) >= 11 is 0. The van der Waals surface area contributed by atoms with E-state index in [1.54, 1.807) is 0 Å². The lowest BCUT2D eigenvalue weighted by Gasteiger charge is -2.00. The first-order valence-corrected chi connectivity index (χ1v) is 8.16. The molecule has 1 saturated heterocycles. The summed E-state index contributed by atoms with van der Waals surface area (Å²) in [5, 5.41) is 11.2. The first kappa shape index (κ1) is 13.5. The van der Waals surface area contributed by atoms with Crippen molar-refractivity contribution in [3.8, 4) is 0 Å². The second kappa shape index (κ2) is 5.79. The van der Waals surface area contributed by atoms with Crippen molar-refractivity contribution in [2.45, 2.75) is 32.1 Å². The predicted octanol–water partition coefficient (Wildman–Crippen LogP) is 0.514. The summed E-state index contributed by atoms with van der Waals surface area (Å²) in [7, 11) is -2.90. The highest BCUT2D eigenvalue weighted by molar-refractivity contribution is 7.91. The van der Waals surface area contributed by atoms with Gasteiger partial charge in [-0.15, -0.1) is 10.2 Å². The lowest BCUT2D eigenvalue weighted by molar-refractivity contribution is 0.420. The summed E-state index contributed by atoms with van der Waals surface area (Å²) in [5.74, 6) is 1.36. The summed E-state index contributed by atoms with van der Waals surface area (Å²) in [6.07, 6.45) is 2.28. The Kier molecular flexibility index (Phi) is 4.34. The van der Waals surface area contributed by atoms with Gasteiger partial charge in [-0.05, 0) is 25.9 Å². The summed E-state index contributed by atoms with van der Waals surface area (Å²) < 4.78 is 28.3. The number of hydrogen-bond donors (Lipinski definition) is 1. The van der Waals surface area contributed by atoms with E-state index in [2.05, 4.69) is 22.4 Å². The molecule has 7 heteroatoms. The SMILES string of the molecule is CCNCCCc1nnc(C2CCS(=O)(=O)C2)o1. The number of nitrogens with zero attached hydrogens (tertiary/aromatic N) is 2. The minimum Gasteiger partial charge on any atom is -0.425 e. The van der Waals surface area contributed by atoms with Gasteiger partial charge in [-0.2, -0.15) is 0 Å². The second-order valence-corrected chi connectivity index (χ2v) is 6.82. The Balaban J connectivity index is 1.86. The molecule has 0 saturated carbocycles. The van der Waals surface area contributed by atoms with Gasteiger partial charge in [-0.25, -0.2) is 8.42 Å². The van der Waals surface area contributed by atoms with Crippen LogP contribution in [0.2, 0.25) is 0 Å². The Morgan fingerprint density at radius 1 is 1.44 bits per heavy atom. The van der Waals surface area contributed by atoms with Crippen LogP contribution in [-0.4, -0.2) is 43.2 Å². The number of sulfone groups is 1. The highest BCUT2D eigenvalue weighted by atomic mass is 32.2. The third kappa shape index (κ3) is 3.52. The fourth-order valence-corrected chi connectivity index (χ4v) is 3.80. The van der Waals surface area contributed by atoms with E-state index in [0.717, 1.165) is 25.9 Å².